The van der Waals surface area contributed by atoms with Crippen molar-refractivity contribution < 1.29 is 4.39 Å². The Morgan fingerprint density at radius 2 is 2.00 bits per heavy atom. The van der Waals surface area contributed by atoms with Crippen LogP contribution in [0.2, 0.25) is 0 Å². The second-order valence-corrected chi connectivity index (χ2v) is 7.65. The first-order valence-electron chi connectivity index (χ1n) is 7.34. The number of thioether (sulfide) groups is 1. The van der Waals surface area contributed by atoms with Crippen molar-refractivity contribution in [2.45, 2.75) is 19.0 Å². The smallest absolute Gasteiger partial charge is 0.263 e. The summed E-state index contributed by atoms with van der Waals surface area (Å²) in [5.41, 5.74) is 1.60. The predicted octanol–water partition coefficient (Wildman–Crippen LogP) is 4.55. The van der Waals surface area contributed by atoms with Gasteiger partial charge in [-0.15, -0.1) is 11.3 Å². The maximum Gasteiger partial charge on any atom is 0.263 e. The first-order valence-corrected chi connectivity index (χ1v) is 9.21. The number of fused-ring (bicyclic) bond motifs is 1. The van der Waals surface area contributed by atoms with Gasteiger partial charge in [-0.25, -0.2) is 9.37 Å². The summed E-state index contributed by atoms with van der Waals surface area (Å²) in [6.07, 6.45) is 0. The molecule has 23 heavy (non-hydrogen) atoms. The van der Waals surface area contributed by atoms with Gasteiger partial charge in [-0.3, -0.25) is 9.36 Å². The zero-order valence-corrected chi connectivity index (χ0v) is 14.8. The third-order valence-electron chi connectivity index (χ3n) is 3.48. The fourth-order valence-electron chi connectivity index (χ4n) is 2.27. The summed E-state index contributed by atoms with van der Waals surface area (Å²) in [5.74, 6) is 1.17. The number of benzene rings is 1. The molecular formula is C17H17FN2OS2. The van der Waals surface area contributed by atoms with Crippen molar-refractivity contribution in [3.63, 3.8) is 0 Å². The van der Waals surface area contributed by atoms with E-state index in [1.165, 1.54) is 23.5 Å². The van der Waals surface area contributed by atoms with Crippen LogP contribution in [0, 0.1) is 11.7 Å². The van der Waals surface area contributed by atoms with Gasteiger partial charge >= 0.3 is 0 Å². The van der Waals surface area contributed by atoms with Crippen molar-refractivity contribution in [1.82, 2.24) is 9.55 Å². The Morgan fingerprint density at radius 3 is 2.65 bits per heavy atom. The van der Waals surface area contributed by atoms with Crippen LogP contribution < -0.4 is 5.56 Å². The Kier molecular flexibility index (Phi) is 4.55. The molecule has 0 amide bonds. The molecule has 0 bridgehead atoms. The Bertz CT molecular complexity index is 897. The van der Waals surface area contributed by atoms with Crippen LogP contribution >= 0.6 is 23.1 Å². The van der Waals surface area contributed by atoms with Gasteiger partial charge in [0.15, 0.2) is 5.16 Å². The lowest BCUT2D eigenvalue weighted by atomic mass is 10.1. The number of hydrogen-bond acceptors (Lipinski definition) is 4. The molecule has 0 aliphatic rings. The van der Waals surface area contributed by atoms with Crippen LogP contribution in [0.1, 0.15) is 13.8 Å². The molecule has 2 heterocycles. The van der Waals surface area contributed by atoms with Gasteiger partial charge in [0.2, 0.25) is 0 Å². The lowest BCUT2D eigenvalue weighted by molar-refractivity contribution is 0.628. The summed E-state index contributed by atoms with van der Waals surface area (Å²) in [6, 6.07) is 6.20. The molecule has 0 saturated carbocycles. The Labute approximate surface area is 142 Å². The highest BCUT2D eigenvalue weighted by molar-refractivity contribution is 7.99. The van der Waals surface area contributed by atoms with Crippen LogP contribution in [-0.4, -0.2) is 15.3 Å². The highest BCUT2D eigenvalue weighted by Crippen LogP contribution is 2.32. The van der Waals surface area contributed by atoms with Gasteiger partial charge < -0.3 is 0 Å². The van der Waals surface area contributed by atoms with Crippen molar-refractivity contribution in [3.8, 4) is 11.1 Å². The van der Waals surface area contributed by atoms with E-state index in [0.29, 0.717) is 11.3 Å². The minimum absolute atomic E-state index is 0.0539. The van der Waals surface area contributed by atoms with Crippen LogP contribution in [0.25, 0.3) is 21.3 Å². The Hall–Kier alpha value is -1.66. The standard InChI is InChI=1S/C17H17FN2OS2/c1-10(2)8-23-17-19-15-14(16(21)20(17)3)13(9-22-15)11-4-6-12(18)7-5-11/h4-7,9-10H,8H2,1-3H3. The molecule has 0 spiro atoms. The molecule has 2 aromatic heterocycles. The number of nitrogens with zero attached hydrogens (tertiary/aromatic N) is 2. The molecule has 0 atom stereocenters. The SMILES string of the molecule is CC(C)CSc1nc2scc(-c3ccc(F)cc3)c2c(=O)n1C. The summed E-state index contributed by atoms with van der Waals surface area (Å²) in [7, 11) is 1.75. The normalized spacial score (nSPS) is 11.5. The van der Waals surface area contributed by atoms with Crippen LogP contribution in [0.5, 0.6) is 0 Å². The van der Waals surface area contributed by atoms with Crippen LogP contribution in [-0.2, 0) is 7.05 Å². The van der Waals surface area contributed by atoms with Crippen molar-refractivity contribution in [1.29, 1.82) is 0 Å². The molecule has 6 heteroatoms. The van der Waals surface area contributed by atoms with Gasteiger partial charge in [0.05, 0.1) is 5.39 Å². The predicted molar refractivity (Wildman–Crippen MR) is 95.8 cm³/mol. The zero-order valence-electron chi connectivity index (χ0n) is 13.2. The molecule has 0 aliphatic heterocycles. The molecule has 0 radical (unpaired) electrons. The fourth-order valence-corrected chi connectivity index (χ4v) is 4.18. The molecule has 0 fully saturated rings. The van der Waals surface area contributed by atoms with Gasteiger partial charge in [-0.05, 0) is 23.6 Å². The van der Waals surface area contributed by atoms with Crippen molar-refractivity contribution in [2.75, 3.05) is 5.75 Å². The molecule has 3 rings (SSSR count). The molecule has 3 nitrogen and oxygen atoms in total. The van der Waals surface area contributed by atoms with Crippen molar-refractivity contribution in [3.05, 3.63) is 45.8 Å². The molecule has 0 aliphatic carbocycles. The second kappa shape index (κ2) is 6.45. The van der Waals surface area contributed by atoms with E-state index >= 15 is 0 Å². The van der Waals surface area contributed by atoms with E-state index in [2.05, 4.69) is 18.8 Å². The highest BCUT2D eigenvalue weighted by Gasteiger charge is 2.16. The maximum atomic E-state index is 13.1. The van der Waals surface area contributed by atoms with Crippen LogP contribution in [0.4, 0.5) is 4.39 Å². The highest BCUT2D eigenvalue weighted by atomic mass is 32.2. The van der Waals surface area contributed by atoms with Crippen LogP contribution in [0.3, 0.4) is 0 Å². The number of halogens is 1. The van der Waals surface area contributed by atoms with Gasteiger partial charge in [0.25, 0.3) is 5.56 Å². The lowest BCUT2D eigenvalue weighted by Gasteiger charge is -2.09. The summed E-state index contributed by atoms with van der Waals surface area (Å²) in [4.78, 5) is 18.1. The lowest BCUT2D eigenvalue weighted by Crippen LogP contribution is -2.20. The first kappa shape index (κ1) is 16.2. The number of rotatable bonds is 4. The summed E-state index contributed by atoms with van der Waals surface area (Å²) in [5, 5.41) is 3.27. The van der Waals surface area contributed by atoms with Crippen molar-refractivity contribution >= 4 is 33.3 Å². The molecule has 120 valence electrons. The number of thiophene rings is 1. The summed E-state index contributed by atoms with van der Waals surface area (Å²) >= 11 is 3.05. The molecular weight excluding hydrogens is 331 g/mol. The average molecular weight is 348 g/mol. The van der Waals surface area contributed by atoms with E-state index in [0.717, 1.165) is 26.9 Å². The third kappa shape index (κ3) is 3.19. The molecule has 0 saturated heterocycles. The Balaban J connectivity index is 2.12. The molecule has 1 aromatic carbocycles. The minimum Gasteiger partial charge on any atom is -0.290 e. The Morgan fingerprint density at radius 1 is 1.30 bits per heavy atom. The summed E-state index contributed by atoms with van der Waals surface area (Å²) in [6.45, 7) is 4.28. The zero-order chi connectivity index (χ0) is 16.6. The largest absolute Gasteiger partial charge is 0.290 e. The first-order chi connectivity index (χ1) is 11.0. The van der Waals surface area contributed by atoms with E-state index in [-0.39, 0.29) is 11.4 Å². The fraction of sp³-hybridized carbons (Fsp3) is 0.294. The van der Waals surface area contributed by atoms with Crippen LogP contribution in [0.15, 0.2) is 39.6 Å². The topological polar surface area (TPSA) is 34.9 Å². The van der Waals surface area contributed by atoms with Gasteiger partial charge in [0, 0.05) is 23.7 Å². The summed E-state index contributed by atoms with van der Waals surface area (Å²) < 4.78 is 14.7. The molecule has 0 N–H and O–H groups in total. The van der Waals surface area contributed by atoms with E-state index in [9.17, 15) is 9.18 Å². The maximum absolute atomic E-state index is 13.1. The van der Waals surface area contributed by atoms with E-state index in [4.69, 9.17) is 0 Å². The van der Waals surface area contributed by atoms with E-state index < -0.39 is 0 Å². The second-order valence-electron chi connectivity index (χ2n) is 5.80. The van der Waals surface area contributed by atoms with Gasteiger partial charge in [-0.2, -0.15) is 0 Å². The molecule has 0 unspecified atom stereocenters. The van der Waals surface area contributed by atoms with Crippen molar-refractivity contribution in [2.24, 2.45) is 13.0 Å². The molecule has 3 aromatic rings. The number of aromatic nitrogens is 2. The van der Waals surface area contributed by atoms with E-state index in [1.54, 1.807) is 35.5 Å². The average Bonchev–Trinajstić information content (AvgIpc) is 2.94. The minimum atomic E-state index is -0.285. The third-order valence-corrected chi connectivity index (χ3v) is 5.80. The van der Waals surface area contributed by atoms with Gasteiger partial charge in [-0.1, -0.05) is 37.7 Å². The quantitative estimate of drug-likeness (QED) is 0.512. The van der Waals surface area contributed by atoms with Gasteiger partial charge in [0.1, 0.15) is 10.6 Å². The number of hydrogen-bond donors (Lipinski definition) is 0. The van der Waals surface area contributed by atoms with E-state index in [1.807, 2.05) is 5.38 Å². The monoisotopic (exact) mass is 348 g/mol.